The second-order valence-corrected chi connectivity index (χ2v) is 12.8. The number of hydrogen-bond donors (Lipinski definition) is 0. The Balaban J connectivity index is 1.22. The standard InChI is InChI=1S/C45H33N/c1-29-11-14-31(15-12-29)32-16-18-33(19-17-32)35-25-36(34-20-22-41-38(24-34)26-37-23-30(2)13-21-40(37)41)28-39(27-35)46-44-9-5-3-7-42(44)43-8-4-6-10-45(43)46/h3-25,27-28H,26H2,1-2H3. The third-order valence-electron chi connectivity index (χ3n) is 9.73. The average Bonchev–Trinajstić information content (AvgIpc) is 3.63. The van der Waals surface area contributed by atoms with E-state index >= 15 is 0 Å². The van der Waals surface area contributed by atoms with Crippen molar-refractivity contribution in [1.82, 2.24) is 4.57 Å². The Hall–Kier alpha value is -5.66. The summed E-state index contributed by atoms with van der Waals surface area (Å²) in [6.07, 6.45) is 0.986. The molecule has 46 heavy (non-hydrogen) atoms. The van der Waals surface area contributed by atoms with E-state index in [1.165, 1.54) is 94.3 Å². The molecule has 0 fully saturated rings. The number of hydrogen-bond acceptors (Lipinski definition) is 0. The van der Waals surface area contributed by atoms with Gasteiger partial charge in [-0.1, -0.05) is 132 Å². The fourth-order valence-electron chi connectivity index (χ4n) is 7.39. The number of benzene rings is 7. The number of nitrogens with zero attached hydrogens (tertiary/aromatic N) is 1. The van der Waals surface area contributed by atoms with E-state index in [-0.39, 0.29) is 0 Å². The van der Waals surface area contributed by atoms with Crippen LogP contribution < -0.4 is 0 Å². The SMILES string of the molecule is Cc1ccc(-c2ccc(-c3cc(-c4ccc5c(c4)Cc4cc(C)ccc4-5)cc(-n4c5ccccc5c5ccccc54)c3)cc2)cc1. The lowest BCUT2D eigenvalue weighted by atomic mass is 9.94. The third kappa shape index (κ3) is 4.39. The molecule has 1 heterocycles. The number of para-hydroxylation sites is 2. The summed E-state index contributed by atoms with van der Waals surface area (Å²) in [5.74, 6) is 0. The van der Waals surface area contributed by atoms with Crippen molar-refractivity contribution < 1.29 is 0 Å². The third-order valence-corrected chi connectivity index (χ3v) is 9.73. The lowest BCUT2D eigenvalue weighted by molar-refractivity contribution is 1.18. The highest BCUT2D eigenvalue weighted by atomic mass is 15.0. The molecule has 0 unspecified atom stereocenters. The van der Waals surface area contributed by atoms with E-state index < -0.39 is 0 Å². The van der Waals surface area contributed by atoms with Gasteiger partial charge in [0.05, 0.1) is 11.0 Å². The van der Waals surface area contributed by atoms with Gasteiger partial charge in [0.1, 0.15) is 0 Å². The van der Waals surface area contributed by atoms with Gasteiger partial charge >= 0.3 is 0 Å². The first-order valence-corrected chi connectivity index (χ1v) is 16.1. The van der Waals surface area contributed by atoms with Gasteiger partial charge in [-0.2, -0.15) is 0 Å². The van der Waals surface area contributed by atoms with E-state index in [1.807, 2.05) is 0 Å². The van der Waals surface area contributed by atoms with Crippen LogP contribution in [0.25, 0.3) is 72.0 Å². The van der Waals surface area contributed by atoms with Crippen LogP contribution in [0.5, 0.6) is 0 Å². The van der Waals surface area contributed by atoms with Gasteiger partial charge in [0.25, 0.3) is 0 Å². The smallest absolute Gasteiger partial charge is 0.0541 e. The van der Waals surface area contributed by atoms with Crippen molar-refractivity contribution in [2.45, 2.75) is 20.3 Å². The van der Waals surface area contributed by atoms with Crippen molar-refractivity contribution in [1.29, 1.82) is 0 Å². The molecule has 9 rings (SSSR count). The minimum atomic E-state index is 0.986. The Bertz CT molecular complexity index is 2390. The molecule has 1 aliphatic rings. The molecule has 0 atom stereocenters. The zero-order valence-electron chi connectivity index (χ0n) is 26.1. The lowest BCUT2D eigenvalue weighted by Gasteiger charge is -2.15. The van der Waals surface area contributed by atoms with Gasteiger partial charge in [-0.15, -0.1) is 0 Å². The summed E-state index contributed by atoms with van der Waals surface area (Å²) < 4.78 is 2.43. The fraction of sp³-hybridized carbons (Fsp3) is 0.0667. The van der Waals surface area contributed by atoms with Crippen LogP contribution in [0.2, 0.25) is 0 Å². The van der Waals surface area contributed by atoms with Crippen LogP contribution in [0.1, 0.15) is 22.3 Å². The molecule has 0 N–H and O–H groups in total. The number of aromatic nitrogens is 1. The van der Waals surface area contributed by atoms with Crippen molar-refractivity contribution in [3.05, 3.63) is 174 Å². The van der Waals surface area contributed by atoms with Crippen molar-refractivity contribution in [2.75, 3.05) is 0 Å². The normalized spacial score (nSPS) is 12.0. The predicted molar refractivity (Wildman–Crippen MR) is 195 cm³/mol. The van der Waals surface area contributed by atoms with Crippen LogP contribution in [0.3, 0.4) is 0 Å². The van der Waals surface area contributed by atoms with Gasteiger partial charge in [0.2, 0.25) is 0 Å². The summed E-state index contributed by atoms with van der Waals surface area (Å²) in [7, 11) is 0. The van der Waals surface area contributed by atoms with Crippen molar-refractivity contribution in [2.24, 2.45) is 0 Å². The van der Waals surface area contributed by atoms with Crippen LogP contribution in [-0.2, 0) is 6.42 Å². The maximum atomic E-state index is 2.43. The van der Waals surface area contributed by atoms with Gasteiger partial charge in [-0.25, -0.2) is 0 Å². The topological polar surface area (TPSA) is 4.93 Å². The molecule has 8 aromatic rings. The quantitative estimate of drug-likeness (QED) is 0.193. The Kier molecular flexibility index (Phi) is 6.08. The second-order valence-electron chi connectivity index (χ2n) is 12.8. The monoisotopic (exact) mass is 587 g/mol. The van der Waals surface area contributed by atoms with E-state index in [2.05, 4.69) is 170 Å². The van der Waals surface area contributed by atoms with Crippen LogP contribution in [0, 0.1) is 13.8 Å². The molecule has 0 radical (unpaired) electrons. The summed E-state index contributed by atoms with van der Waals surface area (Å²) >= 11 is 0. The van der Waals surface area contributed by atoms with E-state index in [0.717, 1.165) is 6.42 Å². The molecule has 0 saturated carbocycles. The summed E-state index contributed by atoms with van der Waals surface area (Å²) in [5, 5.41) is 2.55. The van der Waals surface area contributed by atoms with E-state index in [4.69, 9.17) is 0 Å². The van der Waals surface area contributed by atoms with Gasteiger partial charge < -0.3 is 4.57 Å². The fourth-order valence-corrected chi connectivity index (χ4v) is 7.39. The minimum absolute atomic E-state index is 0.986. The van der Waals surface area contributed by atoms with Crippen molar-refractivity contribution in [3.63, 3.8) is 0 Å². The zero-order chi connectivity index (χ0) is 30.8. The largest absolute Gasteiger partial charge is 0.309 e. The summed E-state index contributed by atoms with van der Waals surface area (Å²) in [6.45, 7) is 4.32. The predicted octanol–water partition coefficient (Wildman–Crippen LogP) is 12.0. The summed E-state index contributed by atoms with van der Waals surface area (Å²) in [5.41, 5.74) is 19.2. The van der Waals surface area contributed by atoms with Crippen molar-refractivity contribution >= 4 is 21.8 Å². The lowest BCUT2D eigenvalue weighted by Crippen LogP contribution is -1.96. The van der Waals surface area contributed by atoms with Crippen LogP contribution in [0.4, 0.5) is 0 Å². The Morgan fingerprint density at radius 2 is 0.870 bits per heavy atom. The van der Waals surface area contributed by atoms with E-state index in [1.54, 1.807) is 0 Å². The maximum Gasteiger partial charge on any atom is 0.0541 e. The number of rotatable bonds is 4. The Morgan fingerprint density at radius 3 is 1.52 bits per heavy atom. The first-order valence-electron chi connectivity index (χ1n) is 16.1. The molecule has 1 nitrogen and oxygen atoms in total. The van der Waals surface area contributed by atoms with Gasteiger partial charge in [0, 0.05) is 16.5 Å². The number of fused-ring (bicyclic) bond motifs is 6. The van der Waals surface area contributed by atoms with Crippen molar-refractivity contribution in [3.8, 4) is 50.2 Å². The Labute approximate surface area is 270 Å². The number of aryl methyl sites for hydroxylation is 2. The van der Waals surface area contributed by atoms with E-state index in [0.29, 0.717) is 0 Å². The van der Waals surface area contributed by atoms with Crippen LogP contribution in [-0.4, -0.2) is 4.57 Å². The molecular formula is C45H33N. The van der Waals surface area contributed by atoms with Gasteiger partial charge in [-0.05, 0) is 106 Å². The summed E-state index contributed by atoms with van der Waals surface area (Å²) in [4.78, 5) is 0. The Morgan fingerprint density at radius 1 is 0.391 bits per heavy atom. The second kappa shape index (κ2) is 10.5. The molecule has 0 amide bonds. The minimum Gasteiger partial charge on any atom is -0.309 e. The van der Waals surface area contributed by atoms with E-state index in [9.17, 15) is 0 Å². The maximum absolute atomic E-state index is 2.43. The highest BCUT2D eigenvalue weighted by Crippen LogP contribution is 2.41. The molecule has 218 valence electrons. The molecule has 0 aliphatic heterocycles. The molecular weight excluding hydrogens is 555 g/mol. The first-order chi connectivity index (χ1) is 22.6. The molecule has 0 saturated heterocycles. The highest BCUT2D eigenvalue weighted by Gasteiger charge is 2.20. The van der Waals surface area contributed by atoms with Gasteiger partial charge in [0.15, 0.2) is 0 Å². The molecule has 0 bridgehead atoms. The van der Waals surface area contributed by atoms with Crippen LogP contribution in [0.15, 0.2) is 152 Å². The zero-order valence-corrected chi connectivity index (χ0v) is 26.1. The molecule has 1 aliphatic carbocycles. The average molecular weight is 588 g/mol. The molecule has 1 heteroatoms. The van der Waals surface area contributed by atoms with Gasteiger partial charge in [-0.3, -0.25) is 0 Å². The molecule has 1 aromatic heterocycles. The first kappa shape index (κ1) is 26.7. The van der Waals surface area contributed by atoms with Crippen LogP contribution >= 0.6 is 0 Å². The molecule has 0 spiro atoms. The summed E-state index contributed by atoms with van der Waals surface area (Å²) in [6, 6.07) is 56.4. The highest BCUT2D eigenvalue weighted by molar-refractivity contribution is 6.09. The molecule has 7 aromatic carbocycles.